The van der Waals surface area contributed by atoms with E-state index in [2.05, 4.69) is 46.4 Å². The number of piperidine rings is 2. The molecule has 0 aromatic carbocycles. The van der Waals surface area contributed by atoms with E-state index in [1.807, 2.05) is 0 Å². The molecule has 0 saturated carbocycles. The summed E-state index contributed by atoms with van der Waals surface area (Å²) in [5, 5.41) is 0. The zero-order chi connectivity index (χ0) is 12.8. The Bertz CT molecular complexity index is 254. The van der Waals surface area contributed by atoms with Gasteiger partial charge in [0.25, 0.3) is 0 Å². The van der Waals surface area contributed by atoms with Crippen molar-refractivity contribution in [1.29, 1.82) is 0 Å². The van der Waals surface area contributed by atoms with Gasteiger partial charge in [-0.1, -0.05) is 27.2 Å². The van der Waals surface area contributed by atoms with Gasteiger partial charge >= 0.3 is 0 Å². The molecule has 0 spiro atoms. The molecule has 100 valence electrons. The molecule has 2 unspecified atom stereocenters. The van der Waals surface area contributed by atoms with Crippen molar-refractivity contribution in [3.05, 3.63) is 0 Å². The highest BCUT2D eigenvalue weighted by Gasteiger charge is 2.45. The summed E-state index contributed by atoms with van der Waals surface area (Å²) in [6.45, 7) is 14.5. The molecule has 0 N–H and O–H groups in total. The Morgan fingerprint density at radius 3 is 1.65 bits per heavy atom. The molecular formula is C16H31N. The molecule has 0 aromatic rings. The van der Waals surface area contributed by atoms with Crippen molar-refractivity contribution in [2.45, 2.75) is 91.3 Å². The molecule has 2 fully saturated rings. The molecule has 2 bridgehead atoms. The third kappa shape index (κ3) is 2.70. The van der Waals surface area contributed by atoms with Crippen molar-refractivity contribution in [1.82, 2.24) is 4.90 Å². The lowest BCUT2D eigenvalue weighted by Gasteiger charge is -2.56. The Hall–Kier alpha value is -0.0400. The van der Waals surface area contributed by atoms with Gasteiger partial charge in [0, 0.05) is 17.6 Å². The SMILES string of the molecule is CC(C)(C)C1CC2CCCC(C1)N2C(C)(C)C. The van der Waals surface area contributed by atoms with E-state index < -0.39 is 0 Å². The topological polar surface area (TPSA) is 3.24 Å². The standard InChI is InChI=1S/C16H31N/c1-15(2,3)12-10-13-8-7-9-14(11-12)17(13)16(4,5)6/h12-14H,7-11H2,1-6H3. The van der Waals surface area contributed by atoms with E-state index in [0.29, 0.717) is 11.0 Å². The van der Waals surface area contributed by atoms with Crippen molar-refractivity contribution in [2.24, 2.45) is 11.3 Å². The zero-order valence-electron chi connectivity index (χ0n) is 12.7. The lowest BCUT2D eigenvalue weighted by Crippen LogP contribution is -2.60. The summed E-state index contributed by atoms with van der Waals surface area (Å²) in [7, 11) is 0. The minimum atomic E-state index is 0.360. The summed E-state index contributed by atoms with van der Waals surface area (Å²) < 4.78 is 0. The van der Waals surface area contributed by atoms with Crippen LogP contribution >= 0.6 is 0 Å². The second-order valence-corrected chi connectivity index (χ2v) is 8.35. The van der Waals surface area contributed by atoms with E-state index >= 15 is 0 Å². The molecule has 0 aliphatic carbocycles. The summed E-state index contributed by atoms with van der Waals surface area (Å²) in [4.78, 5) is 2.85. The highest BCUT2D eigenvalue weighted by molar-refractivity contribution is 4.99. The van der Waals surface area contributed by atoms with Crippen molar-refractivity contribution < 1.29 is 0 Å². The summed E-state index contributed by atoms with van der Waals surface area (Å²) in [6.07, 6.45) is 7.17. The van der Waals surface area contributed by atoms with Crippen molar-refractivity contribution >= 4 is 0 Å². The molecule has 2 aliphatic heterocycles. The summed E-state index contributed by atoms with van der Waals surface area (Å²) in [5.74, 6) is 0.927. The van der Waals surface area contributed by atoms with Gasteiger partial charge in [-0.05, 0) is 57.8 Å². The predicted molar refractivity (Wildman–Crippen MR) is 75.2 cm³/mol. The van der Waals surface area contributed by atoms with E-state index in [1.165, 1.54) is 32.1 Å². The Balaban J connectivity index is 2.17. The fourth-order valence-corrected chi connectivity index (χ4v) is 4.18. The maximum absolute atomic E-state index is 2.85. The molecule has 2 saturated heterocycles. The van der Waals surface area contributed by atoms with Gasteiger partial charge in [-0.25, -0.2) is 0 Å². The zero-order valence-corrected chi connectivity index (χ0v) is 12.7. The largest absolute Gasteiger partial charge is 0.293 e. The lowest BCUT2D eigenvalue weighted by atomic mass is 9.67. The van der Waals surface area contributed by atoms with Gasteiger partial charge in [0.05, 0.1) is 0 Å². The van der Waals surface area contributed by atoms with Crippen LogP contribution in [0.3, 0.4) is 0 Å². The fourth-order valence-electron chi connectivity index (χ4n) is 4.18. The van der Waals surface area contributed by atoms with Crippen LogP contribution in [0.15, 0.2) is 0 Å². The Morgan fingerprint density at radius 1 is 0.824 bits per heavy atom. The molecule has 0 amide bonds. The van der Waals surface area contributed by atoms with Crippen LogP contribution in [0.2, 0.25) is 0 Å². The minimum Gasteiger partial charge on any atom is -0.293 e. The van der Waals surface area contributed by atoms with E-state index in [1.54, 1.807) is 0 Å². The Morgan fingerprint density at radius 2 is 1.29 bits per heavy atom. The average molecular weight is 237 g/mol. The predicted octanol–water partition coefficient (Wildman–Crippen LogP) is 4.46. The van der Waals surface area contributed by atoms with Gasteiger partial charge in [0.2, 0.25) is 0 Å². The van der Waals surface area contributed by atoms with Crippen LogP contribution in [0, 0.1) is 11.3 Å². The van der Waals surface area contributed by atoms with Gasteiger partial charge in [0.1, 0.15) is 0 Å². The number of hydrogen-bond acceptors (Lipinski definition) is 1. The quantitative estimate of drug-likeness (QED) is 0.601. The molecule has 0 radical (unpaired) electrons. The van der Waals surface area contributed by atoms with E-state index in [-0.39, 0.29) is 0 Å². The van der Waals surface area contributed by atoms with Crippen LogP contribution in [0.5, 0.6) is 0 Å². The maximum atomic E-state index is 2.85. The molecule has 2 atom stereocenters. The summed E-state index contributed by atoms with van der Waals surface area (Å²) >= 11 is 0. The molecule has 17 heavy (non-hydrogen) atoms. The molecule has 1 nitrogen and oxygen atoms in total. The van der Waals surface area contributed by atoms with Crippen LogP contribution in [0.4, 0.5) is 0 Å². The van der Waals surface area contributed by atoms with Crippen LogP contribution in [0.25, 0.3) is 0 Å². The second kappa shape index (κ2) is 4.26. The highest BCUT2D eigenvalue weighted by atomic mass is 15.3. The highest BCUT2D eigenvalue weighted by Crippen LogP contribution is 2.46. The van der Waals surface area contributed by atoms with Crippen LogP contribution in [-0.4, -0.2) is 22.5 Å². The maximum Gasteiger partial charge on any atom is 0.0130 e. The molecule has 2 aliphatic rings. The van der Waals surface area contributed by atoms with E-state index in [0.717, 1.165) is 18.0 Å². The fraction of sp³-hybridized carbons (Fsp3) is 1.00. The van der Waals surface area contributed by atoms with Gasteiger partial charge in [-0.2, -0.15) is 0 Å². The van der Waals surface area contributed by atoms with Crippen molar-refractivity contribution in [3.63, 3.8) is 0 Å². The van der Waals surface area contributed by atoms with Crippen LogP contribution < -0.4 is 0 Å². The molecule has 0 aromatic heterocycles. The first-order chi connectivity index (χ1) is 7.69. The van der Waals surface area contributed by atoms with Crippen molar-refractivity contribution in [3.8, 4) is 0 Å². The summed E-state index contributed by atoms with van der Waals surface area (Å²) in [5.41, 5.74) is 0.858. The third-order valence-corrected chi connectivity index (χ3v) is 4.97. The number of hydrogen-bond donors (Lipinski definition) is 0. The first-order valence-electron chi connectivity index (χ1n) is 7.48. The van der Waals surface area contributed by atoms with Gasteiger partial charge in [-0.15, -0.1) is 0 Å². The molecular weight excluding hydrogens is 206 g/mol. The monoisotopic (exact) mass is 237 g/mol. The summed E-state index contributed by atoms with van der Waals surface area (Å²) in [6, 6.07) is 1.71. The Kier molecular flexibility index (Phi) is 3.36. The van der Waals surface area contributed by atoms with Crippen LogP contribution in [0.1, 0.15) is 73.6 Å². The second-order valence-electron chi connectivity index (χ2n) is 8.35. The van der Waals surface area contributed by atoms with Gasteiger partial charge in [-0.3, -0.25) is 4.90 Å². The normalized spacial score (nSPS) is 36.0. The van der Waals surface area contributed by atoms with Gasteiger partial charge in [0.15, 0.2) is 0 Å². The van der Waals surface area contributed by atoms with E-state index in [4.69, 9.17) is 0 Å². The average Bonchev–Trinajstić information content (AvgIpc) is 2.12. The lowest BCUT2D eigenvalue weighted by molar-refractivity contribution is -0.0673. The first-order valence-corrected chi connectivity index (χ1v) is 7.48. The van der Waals surface area contributed by atoms with Crippen LogP contribution in [-0.2, 0) is 0 Å². The number of nitrogens with zero attached hydrogens (tertiary/aromatic N) is 1. The Labute approximate surface area is 108 Å². The molecule has 2 rings (SSSR count). The molecule has 1 heteroatoms. The number of fused-ring (bicyclic) bond motifs is 2. The smallest absolute Gasteiger partial charge is 0.0130 e. The van der Waals surface area contributed by atoms with E-state index in [9.17, 15) is 0 Å². The third-order valence-electron chi connectivity index (χ3n) is 4.97. The first kappa shape index (κ1) is 13.4. The molecule has 2 heterocycles. The van der Waals surface area contributed by atoms with Gasteiger partial charge < -0.3 is 0 Å². The minimum absolute atomic E-state index is 0.360. The van der Waals surface area contributed by atoms with Crippen molar-refractivity contribution in [2.75, 3.05) is 0 Å². The number of rotatable bonds is 0.